The van der Waals surface area contributed by atoms with E-state index in [2.05, 4.69) is 10.6 Å². The highest BCUT2D eigenvalue weighted by molar-refractivity contribution is 8.00. The molecule has 0 aromatic heterocycles. The van der Waals surface area contributed by atoms with Gasteiger partial charge in [0.2, 0.25) is 0 Å². The second kappa shape index (κ2) is 2.81. The Morgan fingerprint density at radius 3 is 2.38 bits per heavy atom. The van der Waals surface area contributed by atoms with E-state index in [1.807, 2.05) is 6.07 Å². The van der Waals surface area contributed by atoms with Crippen LogP contribution in [0.15, 0.2) is 40.8 Å². The molecule has 0 spiro atoms. The molecule has 0 saturated carbocycles. The van der Waals surface area contributed by atoms with Crippen LogP contribution in [0.1, 0.15) is 5.56 Å². The molecule has 1 radical (unpaired) electrons. The molecule has 65 valence electrons. The number of allylic oxidation sites excluding steroid dienone is 1. The zero-order valence-electron chi connectivity index (χ0n) is 6.64. The topological polar surface area (TPSA) is 46.5 Å². The lowest BCUT2D eigenvalue weighted by atomic mass is 10.2. The van der Waals surface area contributed by atoms with Crippen LogP contribution >= 0.6 is 0 Å². The summed E-state index contributed by atoms with van der Waals surface area (Å²) >= 11 is 0. The molecule has 1 aromatic carbocycles. The maximum absolute atomic E-state index is 11.3. The van der Waals surface area contributed by atoms with Crippen LogP contribution in [0, 0.1) is 0 Å². The van der Waals surface area contributed by atoms with E-state index in [1.54, 1.807) is 24.3 Å². The quantitative estimate of drug-likeness (QED) is 0.673. The fraction of sp³-hybridized carbons (Fsp3) is 0. The lowest BCUT2D eigenvalue weighted by molar-refractivity contribution is 0.608. The third-order valence-electron chi connectivity index (χ3n) is 1.70. The Balaban J connectivity index is 2.53. The molecule has 0 amide bonds. The first kappa shape index (κ1) is 8.19. The highest BCUT2D eigenvalue weighted by atomic mass is 32.2. The predicted octanol–water partition coefficient (Wildman–Crippen LogP) is 1.32. The molecule has 1 aliphatic rings. The molecule has 4 heteroatoms. The summed E-state index contributed by atoms with van der Waals surface area (Å²) in [4.78, 5) is 0.216. The fourth-order valence-corrected chi connectivity index (χ4v) is 2.04. The average molecular weight is 192 g/mol. The van der Waals surface area contributed by atoms with E-state index >= 15 is 0 Å². The molecule has 13 heavy (non-hydrogen) atoms. The molecule has 0 saturated heterocycles. The van der Waals surface area contributed by atoms with Crippen LogP contribution in [-0.2, 0) is 10.0 Å². The second-order valence-corrected chi connectivity index (χ2v) is 4.14. The molecular weight excluding hydrogens is 186 g/mol. The summed E-state index contributed by atoms with van der Waals surface area (Å²) in [5, 5.41) is 0. The summed E-state index contributed by atoms with van der Waals surface area (Å²) in [5.41, 5.74) is 0.649. The van der Waals surface area contributed by atoms with Crippen LogP contribution in [0.2, 0.25) is 0 Å². The number of benzene rings is 1. The fourth-order valence-electron chi connectivity index (χ4n) is 1.11. The van der Waals surface area contributed by atoms with Gasteiger partial charge in [0.05, 0.1) is 4.91 Å². The van der Waals surface area contributed by atoms with Gasteiger partial charge in [0.15, 0.2) is 0 Å². The number of rotatable bonds is 1. The van der Waals surface area contributed by atoms with Gasteiger partial charge in [-0.1, -0.05) is 30.3 Å². The zero-order chi connectivity index (χ0) is 9.31. The molecule has 0 atom stereocenters. The maximum atomic E-state index is 11.3. The molecule has 1 aromatic rings. The molecule has 0 aliphatic carbocycles. The van der Waals surface area contributed by atoms with Crippen molar-refractivity contribution in [1.29, 1.82) is 0 Å². The minimum atomic E-state index is -3.47. The van der Waals surface area contributed by atoms with Gasteiger partial charge in [-0.2, -0.15) is 12.8 Å². The Kier molecular flexibility index (Phi) is 1.77. The van der Waals surface area contributed by atoms with E-state index in [0.29, 0.717) is 5.56 Å². The molecule has 1 aliphatic heterocycles. The van der Waals surface area contributed by atoms with E-state index in [1.165, 1.54) is 6.08 Å². The van der Waals surface area contributed by atoms with Crippen LogP contribution in [0.4, 0.5) is 0 Å². The first-order valence-electron chi connectivity index (χ1n) is 3.68. The largest absolute Gasteiger partial charge is 0.283 e. The highest BCUT2D eigenvalue weighted by Gasteiger charge is 2.20. The Bertz CT molecular complexity index is 472. The van der Waals surface area contributed by atoms with Gasteiger partial charge in [-0.25, -0.2) is 0 Å². The number of sulfonamides is 1. The molecule has 0 fully saturated rings. The Morgan fingerprint density at radius 2 is 1.85 bits per heavy atom. The summed E-state index contributed by atoms with van der Waals surface area (Å²) in [7, 11) is -3.47. The first-order valence-corrected chi connectivity index (χ1v) is 5.12. The molecule has 0 unspecified atom stereocenters. The maximum Gasteiger partial charge on any atom is 0.283 e. The van der Waals surface area contributed by atoms with Crippen molar-refractivity contribution >= 4 is 21.1 Å². The number of hydrogen-bond donors (Lipinski definition) is 0. The average Bonchev–Trinajstić information content (AvgIpc) is 2.47. The van der Waals surface area contributed by atoms with Crippen molar-refractivity contribution in [3.63, 3.8) is 0 Å². The summed E-state index contributed by atoms with van der Waals surface area (Å²) in [6.45, 7) is 0. The number of hydrogen-bond acceptors (Lipinski definition) is 2. The predicted molar refractivity (Wildman–Crippen MR) is 50.8 cm³/mol. The standard InChI is InChI=1S/C9H6NO2S/c11-13(12)9(6-7-10-13)8-4-2-1-3-5-8/h1-6H. The molecule has 2 rings (SSSR count). The van der Waals surface area contributed by atoms with Crippen molar-refractivity contribution in [3.8, 4) is 0 Å². The van der Waals surface area contributed by atoms with Gasteiger partial charge in [-0.05, 0) is 11.6 Å². The molecule has 0 N–H and O–H groups in total. The Labute approximate surface area is 76.5 Å². The van der Waals surface area contributed by atoms with Crippen molar-refractivity contribution in [1.82, 2.24) is 0 Å². The van der Waals surface area contributed by atoms with Gasteiger partial charge in [0.25, 0.3) is 10.0 Å². The van der Waals surface area contributed by atoms with E-state index < -0.39 is 10.0 Å². The molecule has 3 nitrogen and oxygen atoms in total. The van der Waals surface area contributed by atoms with Crippen molar-refractivity contribution < 1.29 is 8.42 Å². The van der Waals surface area contributed by atoms with Gasteiger partial charge >= 0.3 is 0 Å². The SMILES string of the molecule is O=S1(=O)N=[C]C=C1c1ccccc1. The van der Waals surface area contributed by atoms with Gasteiger partial charge in [0.1, 0.15) is 6.21 Å². The number of nitrogens with zero attached hydrogens (tertiary/aromatic N) is 1. The van der Waals surface area contributed by atoms with Crippen molar-refractivity contribution in [2.75, 3.05) is 0 Å². The normalized spacial score (nSPS) is 18.6. The summed E-state index contributed by atoms with van der Waals surface area (Å²) in [6.07, 6.45) is 3.72. The van der Waals surface area contributed by atoms with Crippen LogP contribution in [0.5, 0.6) is 0 Å². The minimum Gasteiger partial charge on any atom is -0.199 e. The van der Waals surface area contributed by atoms with Crippen molar-refractivity contribution in [2.45, 2.75) is 0 Å². The van der Waals surface area contributed by atoms with Crippen LogP contribution in [0.3, 0.4) is 0 Å². The Morgan fingerprint density at radius 1 is 1.15 bits per heavy atom. The van der Waals surface area contributed by atoms with Gasteiger partial charge < -0.3 is 0 Å². The van der Waals surface area contributed by atoms with E-state index in [9.17, 15) is 8.42 Å². The second-order valence-electron chi connectivity index (χ2n) is 2.57. The lowest BCUT2D eigenvalue weighted by Crippen LogP contribution is -1.94. The van der Waals surface area contributed by atoms with E-state index in [4.69, 9.17) is 0 Å². The van der Waals surface area contributed by atoms with Crippen LogP contribution in [0.25, 0.3) is 4.91 Å². The zero-order valence-corrected chi connectivity index (χ0v) is 7.45. The Hall–Kier alpha value is -1.42. The summed E-state index contributed by atoms with van der Waals surface area (Å²) in [5.74, 6) is 0. The minimum absolute atomic E-state index is 0.216. The first-order chi connectivity index (χ1) is 6.20. The van der Waals surface area contributed by atoms with Gasteiger partial charge in [-0.3, -0.25) is 0 Å². The molecular formula is C9H6NO2S. The van der Waals surface area contributed by atoms with Crippen molar-refractivity contribution in [2.24, 2.45) is 4.40 Å². The van der Waals surface area contributed by atoms with Gasteiger partial charge in [-0.15, -0.1) is 0 Å². The smallest absolute Gasteiger partial charge is 0.199 e. The van der Waals surface area contributed by atoms with E-state index in [0.717, 1.165) is 0 Å². The summed E-state index contributed by atoms with van der Waals surface area (Å²) in [6, 6.07) is 8.85. The van der Waals surface area contributed by atoms with Gasteiger partial charge in [0, 0.05) is 0 Å². The summed E-state index contributed by atoms with van der Waals surface area (Å²) < 4.78 is 25.8. The highest BCUT2D eigenvalue weighted by Crippen LogP contribution is 2.24. The van der Waals surface area contributed by atoms with Crippen molar-refractivity contribution in [3.05, 3.63) is 42.0 Å². The molecule has 0 bridgehead atoms. The monoisotopic (exact) mass is 192 g/mol. The third-order valence-corrected chi connectivity index (χ3v) is 2.96. The third kappa shape index (κ3) is 1.40. The van der Waals surface area contributed by atoms with E-state index in [-0.39, 0.29) is 4.91 Å². The lowest BCUT2D eigenvalue weighted by Gasteiger charge is -1.99. The molecule has 1 heterocycles. The van der Waals surface area contributed by atoms with Crippen LogP contribution < -0.4 is 0 Å². The van der Waals surface area contributed by atoms with Crippen LogP contribution in [-0.4, -0.2) is 14.6 Å².